The zero-order chi connectivity index (χ0) is 20.0. The van der Waals surface area contributed by atoms with Crippen LogP contribution >= 0.6 is 23.8 Å². The second-order valence-electron chi connectivity index (χ2n) is 5.55. The van der Waals surface area contributed by atoms with Gasteiger partial charge in [0.2, 0.25) is 0 Å². The lowest BCUT2D eigenvalue weighted by Gasteiger charge is -2.21. The van der Waals surface area contributed by atoms with Gasteiger partial charge in [-0.3, -0.25) is 20.2 Å². The molecule has 0 fully saturated rings. The van der Waals surface area contributed by atoms with Crippen molar-refractivity contribution in [1.82, 2.24) is 5.32 Å². The van der Waals surface area contributed by atoms with Crippen LogP contribution in [0.15, 0.2) is 42.5 Å². The molecular formula is C18H19ClN4O3S. The molecule has 0 unspecified atom stereocenters. The van der Waals surface area contributed by atoms with Crippen LogP contribution in [0, 0.1) is 10.1 Å². The number of nitrogens with one attached hydrogen (secondary N) is 2. The van der Waals surface area contributed by atoms with Gasteiger partial charge in [0.15, 0.2) is 5.11 Å². The van der Waals surface area contributed by atoms with E-state index in [1.165, 1.54) is 12.1 Å². The summed E-state index contributed by atoms with van der Waals surface area (Å²) in [6, 6.07) is 11.4. The van der Waals surface area contributed by atoms with Gasteiger partial charge in [-0.05, 0) is 62.5 Å². The van der Waals surface area contributed by atoms with E-state index in [1.54, 1.807) is 0 Å². The third kappa shape index (κ3) is 5.38. The second kappa shape index (κ2) is 9.29. The van der Waals surface area contributed by atoms with E-state index in [0.717, 1.165) is 30.5 Å². The van der Waals surface area contributed by atoms with Gasteiger partial charge in [-0.2, -0.15) is 0 Å². The Labute approximate surface area is 167 Å². The van der Waals surface area contributed by atoms with E-state index in [2.05, 4.69) is 29.4 Å². The summed E-state index contributed by atoms with van der Waals surface area (Å²) in [5.74, 6) is -0.563. The molecule has 0 aliphatic heterocycles. The molecule has 0 saturated heterocycles. The van der Waals surface area contributed by atoms with Crippen LogP contribution < -0.4 is 15.5 Å². The maximum absolute atomic E-state index is 12.2. The van der Waals surface area contributed by atoms with Gasteiger partial charge in [-0.25, -0.2) is 0 Å². The third-order valence-electron chi connectivity index (χ3n) is 3.89. The Balaban J connectivity index is 2.02. The summed E-state index contributed by atoms with van der Waals surface area (Å²) in [6.45, 7) is 5.98. The Morgan fingerprint density at radius 1 is 1.19 bits per heavy atom. The Morgan fingerprint density at radius 2 is 1.81 bits per heavy atom. The number of carbonyl (C=O) groups is 1. The Bertz CT molecular complexity index is 854. The first kappa shape index (κ1) is 20.6. The SMILES string of the molecule is CCN(CC)c1ccc(NC(=S)NC(=O)c2ccc(Cl)c([N+](=O)[O-])c2)cc1. The Hall–Kier alpha value is -2.71. The van der Waals surface area contributed by atoms with E-state index in [0.29, 0.717) is 0 Å². The fourth-order valence-corrected chi connectivity index (χ4v) is 2.87. The van der Waals surface area contributed by atoms with Crippen LogP contribution in [0.4, 0.5) is 17.1 Å². The van der Waals surface area contributed by atoms with E-state index in [1.807, 2.05) is 24.3 Å². The first-order valence-electron chi connectivity index (χ1n) is 8.27. The van der Waals surface area contributed by atoms with Crippen LogP contribution in [0.2, 0.25) is 5.02 Å². The van der Waals surface area contributed by atoms with Crippen LogP contribution in [0.1, 0.15) is 24.2 Å². The second-order valence-corrected chi connectivity index (χ2v) is 6.37. The van der Waals surface area contributed by atoms with Crippen molar-refractivity contribution in [3.05, 3.63) is 63.2 Å². The highest BCUT2D eigenvalue weighted by Crippen LogP contribution is 2.25. The molecule has 7 nitrogen and oxygen atoms in total. The number of nitro groups is 1. The molecule has 9 heteroatoms. The molecule has 0 heterocycles. The molecule has 2 aromatic carbocycles. The highest BCUT2D eigenvalue weighted by molar-refractivity contribution is 7.80. The third-order valence-corrected chi connectivity index (χ3v) is 4.41. The molecule has 1 amide bonds. The number of nitrogens with zero attached hydrogens (tertiary/aromatic N) is 2. The number of thiocarbonyl (C=S) groups is 1. The largest absolute Gasteiger partial charge is 0.372 e. The predicted molar refractivity (Wildman–Crippen MR) is 112 cm³/mol. The smallest absolute Gasteiger partial charge is 0.288 e. The van der Waals surface area contributed by atoms with Gasteiger partial charge in [-0.15, -0.1) is 0 Å². The summed E-state index contributed by atoms with van der Waals surface area (Å²) in [7, 11) is 0. The fourth-order valence-electron chi connectivity index (χ4n) is 2.48. The zero-order valence-corrected chi connectivity index (χ0v) is 16.4. The summed E-state index contributed by atoms with van der Waals surface area (Å²) in [5.41, 5.74) is 1.56. The van der Waals surface area contributed by atoms with E-state index in [-0.39, 0.29) is 21.4 Å². The first-order valence-corrected chi connectivity index (χ1v) is 9.05. The average molecular weight is 407 g/mol. The highest BCUT2D eigenvalue weighted by atomic mass is 35.5. The molecule has 2 N–H and O–H groups in total. The van der Waals surface area contributed by atoms with E-state index in [9.17, 15) is 14.9 Å². The van der Waals surface area contributed by atoms with Gasteiger partial charge >= 0.3 is 0 Å². The normalized spacial score (nSPS) is 10.2. The molecule has 2 aromatic rings. The number of nitro benzene ring substituents is 1. The standard InChI is InChI=1S/C18H19ClN4O3S/c1-3-22(4-2)14-8-6-13(7-9-14)20-18(27)21-17(24)12-5-10-15(19)16(11-12)23(25)26/h5-11H,3-4H2,1-2H3,(H2,20,21,24,27). The quantitative estimate of drug-likeness (QED) is 0.424. The summed E-state index contributed by atoms with van der Waals surface area (Å²) in [6.07, 6.45) is 0. The zero-order valence-electron chi connectivity index (χ0n) is 14.9. The Morgan fingerprint density at radius 3 is 2.37 bits per heavy atom. The van der Waals surface area contributed by atoms with Crippen LogP contribution in [0.5, 0.6) is 0 Å². The van der Waals surface area contributed by atoms with Crippen LogP contribution in [0.25, 0.3) is 0 Å². The number of halogens is 1. The number of hydrogen-bond acceptors (Lipinski definition) is 5. The highest BCUT2D eigenvalue weighted by Gasteiger charge is 2.17. The Kier molecular flexibility index (Phi) is 7.09. The van der Waals surface area contributed by atoms with Crippen molar-refractivity contribution < 1.29 is 9.72 Å². The van der Waals surface area contributed by atoms with Gasteiger partial charge in [0.1, 0.15) is 5.02 Å². The van der Waals surface area contributed by atoms with Gasteiger partial charge < -0.3 is 10.2 Å². The molecular weight excluding hydrogens is 388 g/mol. The van der Waals surface area contributed by atoms with Crippen molar-refractivity contribution in [2.45, 2.75) is 13.8 Å². The summed E-state index contributed by atoms with van der Waals surface area (Å²) < 4.78 is 0. The maximum Gasteiger partial charge on any atom is 0.288 e. The van der Waals surface area contributed by atoms with Crippen LogP contribution in [0.3, 0.4) is 0 Å². The minimum absolute atomic E-state index is 0.0365. The minimum atomic E-state index is -0.646. The molecule has 142 valence electrons. The van der Waals surface area contributed by atoms with Crippen molar-refractivity contribution in [1.29, 1.82) is 0 Å². The number of benzene rings is 2. The molecule has 27 heavy (non-hydrogen) atoms. The first-order chi connectivity index (χ1) is 12.8. The number of rotatable bonds is 6. The number of hydrogen-bond donors (Lipinski definition) is 2. The lowest BCUT2D eigenvalue weighted by Crippen LogP contribution is -2.34. The molecule has 2 rings (SSSR count). The number of amides is 1. The lowest BCUT2D eigenvalue weighted by molar-refractivity contribution is -0.384. The van der Waals surface area contributed by atoms with Gasteiger partial charge in [-0.1, -0.05) is 11.6 Å². The van der Waals surface area contributed by atoms with Crippen molar-refractivity contribution in [3.8, 4) is 0 Å². The van der Waals surface area contributed by atoms with Crippen LogP contribution in [-0.4, -0.2) is 29.0 Å². The summed E-state index contributed by atoms with van der Waals surface area (Å²) >= 11 is 10.9. The van der Waals surface area contributed by atoms with Gasteiger partial charge in [0.25, 0.3) is 11.6 Å². The van der Waals surface area contributed by atoms with E-state index < -0.39 is 10.8 Å². The van der Waals surface area contributed by atoms with Gasteiger partial charge in [0, 0.05) is 36.1 Å². The molecule has 0 saturated carbocycles. The number of carbonyl (C=O) groups excluding carboxylic acids is 1. The van der Waals surface area contributed by atoms with E-state index >= 15 is 0 Å². The van der Waals surface area contributed by atoms with E-state index in [4.69, 9.17) is 23.8 Å². The van der Waals surface area contributed by atoms with Crippen LogP contribution in [-0.2, 0) is 0 Å². The molecule has 0 spiro atoms. The molecule has 0 atom stereocenters. The van der Waals surface area contributed by atoms with Crippen molar-refractivity contribution in [2.24, 2.45) is 0 Å². The topological polar surface area (TPSA) is 87.5 Å². The molecule has 0 aliphatic rings. The molecule has 0 aromatic heterocycles. The maximum atomic E-state index is 12.2. The summed E-state index contributed by atoms with van der Waals surface area (Å²) in [4.78, 5) is 24.7. The van der Waals surface area contributed by atoms with Gasteiger partial charge in [0.05, 0.1) is 4.92 Å². The van der Waals surface area contributed by atoms with Crippen molar-refractivity contribution >= 4 is 51.9 Å². The fraction of sp³-hybridized carbons (Fsp3) is 0.222. The molecule has 0 radical (unpaired) electrons. The molecule has 0 bridgehead atoms. The summed E-state index contributed by atoms with van der Waals surface area (Å²) in [5, 5.41) is 16.4. The van der Waals surface area contributed by atoms with Crippen molar-refractivity contribution in [2.75, 3.05) is 23.3 Å². The molecule has 0 aliphatic carbocycles. The average Bonchev–Trinajstić information content (AvgIpc) is 2.64. The lowest BCUT2D eigenvalue weighted by atomic mass is 10.2. The minimum Gasteiger partial charge on any atom is -0.372 e. The number of anilines is 2. The monoisotopic (exact) mass is 406 g/mol. The predicted octanol–water partition coefficient (Wildman–Crippen LogP) is 4.22. The van der Waals surface area contributed by atoms with Crippen molar-refractivity contribution in [3.63, 3.8) is 0 Å².